The van der Waals surface area contributed by atoms with Gasteiger partial charge in [0.15, 0.2) is 0 Å². The second kappa shape index (κ2) is 7.37. The van der Waals surface area contributed by atoms with E-state index in [0.717, 1.165) is 41.7 Å². The summed E-state index contributed by atoms with van der Waals surface area (Å²) in [7, 11) is 0. The number of hydrogen-bond donors (Lipinski definition) is 2. The molecule has 23 heavy (non-hydrogen) atoms. The largest absolute Gasteiger partial charge is 0.459 e. The fourth-order valence-electron chi connectivity index (χ4n) is 3.37. The van der Waals surface area contributed by atoms with Gasteiger partial charge in [0.05, 0.1) is 6.04 Å². The zero-order valence-electron chi connectivity index (χ0n) is 13.9. The number of carbonyl (C=O) groups is 1. The first kappa shape index (κ1) is 17.8. The molecule has 2 N–H and O–H groups in total. The SMILES string of the molecule is Cc1c(C(C)NC(=O)[C@H]2CCN[C@@H](C)C2)oc2ccccc12.Cl. The quantitative estimate of drug-likeness (QED) is 0.898. The standard InChI is InChI=1S/C18H24N2O2.ClH/c1-11-10-14(8-9-19-11)18(21)20-13(3)17-12(2)15-6-4-5-7-16(15)22-17;/h4-7,11,13-14,19H,8-10H2,1-3H3,(H,20,21);1H/t11-,13?,14-;/m0./s1. The summed E-state index contributed by atoms with van der Waals surface area (Å²) in [5, 5.41) is 7.63. The summed E-state index contributed by atoms with van der Waals surface area (Å²) in [5.74, 6) is 1.10. The average molecular weight is 337 g/mol. The predicted octanol–water partition coefficient (Wildman–Crippen LogP) is 3.73. The van der Waals surface area contributed by atoms with Crippen LogP contribution in [0.25, 0.3) is 11.0 Å². The van der Waals surface area contributed by atoms with E-state index in [4.69, 9.17) is 4.42 Å². The number of nitrogens with one attached hydrogen (secondary N) is 2. The van der Waals surface area contributed by atoms with E-state index in [1.807, 2.05) is 25.1 Å². The molecule has 4 nitrogen and oxygen atoms in total. The number of furan rings is 1. The van der Waals surface area contributed by atoms with E-state index in [0.29, 0.717) is 6.04 Å². The van der Waals surface area contributed by atoms with Crippen molar-refractivity contribution in [3.8, 4) is 0 Å². The van der Waals surface area contributed by atoms with Crippen molar-refractivity contribution in [1.29, 1.82) is 0 Å². The van der Waals surface area contributed by atoms with Gasteiger partial charge in [-0.3, -0.25) is 4.79 Å². The number of para-hydroxylation sites is 1. The maximum Gasteiger partial charge on any atom is 0.223 e. The number of benzene rings is 1. The lowest BCUT2D eigenvalue weighted by atomic mass is 9.92. The highest BCUT2D eigenvalue weighted by Crippen LogP contribution is 2.29. The van der Waals surface area contributed by atoms with Crippen molar-refractivity contribution < 1.29 is 9.21 Å². The van der Waals surface area contributed by atoms with Crippen molar-refractivity contribution in [2.75, 3.05) is 6.54 Å². The molecule has 1 aliphatic heterocycles. The lowest BCUT2D eigenvalue weighted by molar-refractivity contribution is -0.126. The molecular weight excluding hydrogens is 312 g/mol. The Morgan fingerprint density at radius 2 is 2.13 bits per heavy atom. The third-order valence-corrected chi connectivity index (χ3v) is 4.63. The Hall–Kier alpha value is -1.52. The van der Waals surface area contributed by atoms with E-state index in [1.54, 1.807) is 0 Å². The smallest absolute Gasteiger partial charge is 0.223 e. The molecule has 1 aliphatic rings. The van der Waals surface area contributed by atoms with Crippen LogP contribution >= 0.6 is 12.4 Å². The van der Waals surface area contributed by atoms with Gasteiger partial charge in [-0.05, 0) is 46.2 Å². The summed E-state index contributed by atoms with van der Waals surface area (Å²) in [4.78, 5) is 12.5. The Bertz CT molecular complexity index is 683. The van der Waals surface area contributed by atoms with E-state index in [-0.39, 0.29) is 30.3 Å². The Labute approximate surface area is 143 Å². The monoisotopic (exact) mass is 336 g/mol. The number of piperidine rings is 1. The number of carbonyl (C=O) groups excluding carboxylic acids is 1. The van der Waals surface area contributed by atoms with E-state index >= 15 is 0 Å². The third kappa shape index (κ3) is 3.70. The fourth-order valence-corrected chi connectivity index (χ4v) is 3.37. The summed E-state index contributed by atoms with van der Waals surface area (Å²) in [6.45, 7) is 7.09. The normalized spacial score (nSPS) is 22.4. The molecule has 1 fully saturated rings. The molecule has 0 spiro atoms. The Balaban J connectivity index is 0.00000192. The van der Waals surface area contributed by atoms with Crippen LogP contribution in [-0.4, -0.2) is 18.5 Å². The molecule has 3 rings (SSSR count). The van der Waals surface area contributed by atoms with E-state index in [2.05, 4.69) is 30.5 Å². The van der Waals surface area contributed by atoms with Gasteiger partial charge in [0.25, 0.3) is 0 Å². The molecule has 0 bridgehead atoms. The number of hydrogen-bond acceptors (Lipinski definition) is 3. The van der Waals surface area contributed by atoms with Crippen LogP contribution in [0.3, 0.4) is 0 Å². The number of fused-ring (bicyclic) bond motifs is 1. The highest BCUT2D eigenvalue weighted by Gasteiger charge is 2.27. The molecule has 1 saturated heterocycles. The molecule has 0 radical (unpaired) electrons. The molecule has 5 heteroatoms. The van der Waals surface area contributed by atoms with Crippen LogP contribution in [0.4, 0.5) is 0 Å². The van der Waals surface area contributed by atoms with Crippen LogP contribution in [0.1, 0.15) is 44.1 Å². The van der Waals surface area contributed by atoms with Crippen molar-refractivity contribution in [3.05, 3.63) is 35.6 Å². The highest BCUT2D eigenvalue weighted by molar-refractivity contribution is 5.85. The van der Waals surface area contributed by atoms with Crippen molar-refractivity contribution in [3.63, 3.8) is 0 Å². The number of amides is 1. The number of rotatable bonds is 3. The van der Waals surface area contributed by atoms with Gasteiger partial charge >= 0.3 is 0 Å². The van der Waals surface area contributed by atoms with Crippen molar-refractivity contribution in [2.24, 2.45) is 5.92 Å². The minimum Gasteiger partial charge on any atom is -0.459 e. The number of aryl methyl sites for hydroxylation is 1. The number of halogens is 1. The topological polar surface area (TPSA) is 54.3 Å². The maximum atomic E-state index is 12.5. The molecular formula is C18H25ClN2O2. The van der Waals surface area contributed by atoms with Crippen molar-refractivity contribution in [2.45, 2.75) is 45.7 Å². The van der Waals surface area contributed by atoms with Crippen LogP contribution in [-0.2, 0) is 4.79 Å². The molecule has 1 amide bonds. The first-order chi connectivity index (χ1) is 10.6. The van der Waals surface area contributed by atoms with Gasteiger partial charge in [-0.1, -0.05) is 18.2 Å². The fraction of sp³-hybridized carbons (Fsp3) is 0.500. The van der Waals surface area contributed by atoms with Gasteiger partial charge < -0.3 is 15.1 Å². The average Bonchev–Trinajstić information content (AvgIpc) is 2.85. The Morgan fingerprint density at radius 1 is 1.39 bits per heavy atom. The van der Waals surface area contributed by atoms with E-state index in [1.165, 1.54) is 0 Å². The van der Waals surface area contributed by atoms with Gasteiger partial charge in [0.1, 0.15) is 11.3 Å². The van der Waals surface area contributed by atoms with Gasteiger partial charge in [-0.25, -0.2) is 0 Å². The molecule has 2 heterocycles. The zero-order chi connectivity index (χ0) is 15.7. The van der Waals surface area contributed by atoms with E-state index in [9.17, 15) is 4.79 Å². The molecule has 1 unspecified atom stereocenters. The summed E-state index contributed by atoms with van der Waals surface area (Å²) in [6.07, 6.45) is 1.81. The minimum absolute atomic E-state index is 0. The molecule has 126 valence electrons. The summed E-state index contributed by atoms with van der Waals surface area (Å²) >= 11 is 0. The van der Waals surface area contributed by atoms with Crippen molar-refractivity contribution >= 4 is 29.3 Å². The lowest BCUT2D eigenvalue weighted by Gasteiger charge is -2.28. The minimum atomic E-state index is -0.106. The Kier molecular flexibility index (Phi) is 5.71. The molecule has 3 atom stereocenters. The maximum absolute atomic E-state index is 12.5. The van der Waals surface area contributed by atoms with E-state index < -0.39 is 0 Å². The molecule has 0 aliphatic carbocycles. The highest BCUT2D eigenvalue weighted by atomic mass is 35.5. The Morgan fingerprint density at radius 3 is 2.83 bits per heavy atom. The van der Waals surface area contributed by atoms with Gasteiger partial charge in [0, 0.05) is 22.9 Å². The van der Waals surface area contributed by atoms with Crippen LogP contribution in [0.2, 0.25) is 0 Å². The predicted molar refractivity (Wildman–Crippen MR) is 94.9 cm³/mol. The van der Waals surface area contributed by atoms with Crippen LogP contribution in [0.5, 0.6) is 0 Å². The van der Waals surface area contributed by atoms with Crippen LogP contribution < -0.4 is 10.6 Å². The lowest BCUT2D eigenvalue weighted by Crippen LogP contribution is -2.43. The molecule has 1 aromatic carbocycles. The van der Waals surface area contributed by atoms with Gasteiger partial charge in [-0.2, -0.15) is 0 Å². The second-order valence-corrected chi connectivity index (χ2v) is 6.39. The zero-order valence-corrected chi connectivity index (χ0v) is 14.7. The molecule has 1 aromatic heterocycles. The summed E-state index contributed by atoms with van der Waals surface area (Å²) in [5.41, 5.74) is 1.99. The first-order valence-electron chi connectivity index (χ1n) is 8.08. The summed E-state index contributed by atoms with van der Waals surface area (Å²) < 4.78 is 5.94. The van der Waals surface area contributed by atoms with Crippen LogP contribution in [0.15, 0.2) is 28.7 Å². The third-order valence-electron chi connectivity index (χ3n) is 4.63. The van der Waals surface area contributed by atoms with Crippen molar-refractivity contribution in [1.82, 2.24) is 10.6 Å². The second-order valence-electron chi connectivity index (χ2n) is 6.39. The molecule has 0 saturated carbocycles. The summed E-state index contributed by atoms with van der Waals surface area (Å²) in [6, 6.07) is 8.30. The first-order valence-corrected chi connectivity index (χ1v) is 8.08. The molecule has 2 aromatic rings. The van der Waals surface area contributed by atoms with Gasteiger partial charge in [0.2, 0.25) is 5.91 Å². The van der Waals surface area contributed by atoms with Crippen LogP contribution in [0, 0.1) is 12.8 Å². The van der Waals surface area contributed by atoms with Gasteiger partial charge in [-0.15, -0.1) is 12.4 Å².